The number of rotatable bonds is 2. The molecule has 60 valence electrons. The van der Waals surface area contributed by atoms with E-state index in [4.69, 9.17) is 4.74 Å². The third kappa shape index (κ3) is 1.72. The van der Waals surface area contributed by atoms with Crippen molar-refractivity contribution in [3.05, 3.63) is 0 Å². The van der Waals surface area contributed by atoms with Crippen molar-refractivity contribution in [3.8, 4) is 0 Å². The fraction of sp³-hybridized carbons (Fsp3) is 1.00. The predicted octanol–water partition coefficient (Wildman–Crippen LogP) is 2.32. The molecule has 1 aliphatic heterocycles. The Kier molecular flexibility index (Phi) is 2.72. The number of ether oxygens (including phenoxy) is 1. The second-order valence-electron chi connectivity index (χ2n) is 3.73. The van der Waals surface area contributed by atoms with E-state index in [0.29, 0.717) is 0 Å². The molecule has 0 amide bonds. The summed E-state index contributed by atoms with van der Waals surface area (Å²) < 4.78 is 5.33. The molecule has 1 saturated heterocycles. The minimum absolute atomic E-state index is 0.812. The van der Waals surface area contributed by atoms with Crippen LogP contribution in [0.25, 0.3) is 0 Å². The lowest BCUT2D eigenvalue weighted by molar-refractivity contribution is 0.164. The third-order valence-corrected chi connectivity index (χ3v) is 2.76. The number of hydrogen-bond acceptors (Lipinski definition) is 1. The van der Waals surface area contributed by atoms with Gasteiger partial charge in [-0.25, -0.2) is 0 Å². The molecular formula is C9H18O. The molecule has 1 heterocycles. The standard InChI is InChI=1S/C9H18O/c1-7(2)8(3)9-4-5-10-6-9/h7-9H,4-6H2,1-3H3/t8?,9-/m1/s1. The maximum atomic E-state index is 5.33. The summed E-state index contributed by atoms with van der Waals surface area (Å²) in [6.07, 6.45) is 1.28. The first kappa shape index (κ1) is 8.06. The Labute approximate surface area is 63.8 Å². The minimum Gasteiger partial charge on any atom is -0.381 e. The highest BCUT2D eigenvalue weighted by atomic mass is 16.5. The Balaban J connectivity index is 2.32. The third-order valence-electron chi connectivity index (χ3n) is 2.76. The van der Waals surface area contributed by atoms with Crippen LogP contribution >= 0.6 is 0 Å². The summed E-state index contributed by atoms with van der Waals surface area (Å²) in [5, 5.41) is 0. The molecule has 0 radical (unpaired) electrons. The summed E-state index contributed by atoms with van der Waals surface area (Å²) in [6.45, 7) is 8.91. The molecule has 1 fully saturated rings. The lowest BCUT2D eigenvalue weighted by Gasteiger charge is -2.20. The van der Waals surface area contributed by atoms with Gasteiger partial charge in [-0.2, -0.15) is 0 Å². The molecule has 1 aliphatic rings. The van der Waals surface area contributed by atoms with Gasteiger partial charge in [0.05, 0.1) is 0 Å². The van der Waals surface area contributed by atoms with Gasteiger partial charge in [-0.05, 0) is 24.2 Å². The van der Waals surface area contributed by atoms with Gasteiger partial charge in [0.1, 0.15) is 0 Å². The van der Waals surface area contributed by atoms with E-state index in [-0.39, 0.29) is 0 Å². The van der Waals surface area contributed by atoms with Gasteiger partial charge in [0.2, 0.25) is 0 Å². The monoisotopic (exact) mass is 142 g/mol. The molecule has 1 unspecified atom stereocenters. The lowest BCUT2D eigenvalue weighted by Crippen LogP contribution is -2.16. The van der Waals surface area contributed by atoms with Crippen LogP contribution in [0, 0.1) is 17.8 Å². The van der Waals surface area contributed by atoms with Crippen LogP contribution in [0.5, 0.6) is 0 Å². The molecule has 0 saturated carbocycles. The van der Waals surface area contributed by atoms with Crippen LogP contribution in [0.2, 0.25) is 0 Å². The molecule has 0 bridgehead atoms. The van der Waals surface area contributed by atoms with Crippen LogP contribution in [0.15, 0.2) is 0 Å². The van der Waals surface area contributed by atoms with Crippen LogP contribution in [0.4, 0.5) is 0 Å². The zero-order valence-corrected chi connectivity index (χ0v) is 7.26. The summed E-state index contributed by atoms with van der Waals surface area (Å²) in [5.41, 5.74) is 0. The van der Waals surface area contributed by atoms with E-state index in [1.165, 1.54) is 6.42 Å². The van der Waals surface area contributed by atoms with Crippen LogP contribution < -0.4 is 0 Å². The van der Waals surface area contributed by atoms with Crippen LogP contribution in [0.3, 0.4) is 0 Å². The molecule has 2 atom stereocenters. The summed E-state index contributed by atoms with van der Waals surface area (Å²) in [4.78, 5) is 0. The first-order chi connectivity index (χ1) is 4.72. The van der Waals surface area contributed by atoms with Crippen molar-refractivity contribution in [1.82, 2.24) is 0 Å². The lowest BCUT2D eigenvalue weighted by atomic mass is 9.85. The van der Waals surface area contributed by atoms with E-state index in [9.17, 15) is 0 Å². The molecule has 10 heavy (non-hydrogen) atoms. The van der Waals surface area contributed by atoms with Crippen LogP contribution in [-0.4, -0.2) is 13.2 Å². The van der Waals surface area contributed by atoms with Crippen LogP contribution in [-0.2, 0) is 4.74 Å². The van der Waals surface area contributed by atoms with Crippen molar-refractivity contribution < 1.29 is 4.74 Å². The van der Waals surface area contributed by atoms with E-state index in [1.54, 1.807) is 0 Å². The van der Waals surface area contributed by atoms with Crippen molar-refractivity contribution >= 4 is 0 Å². The SMILES string of the molecule is CC(C)C(C)[C@@H]1CCOC1. The minimum atomic E-state index is 0.812. The van der Waals surface area contributed by atoms with Gasteiger partial charge in [-0.15, -0.1) is 0 Å². The second-order valence-corrected chi connectivity index (χ2v) is 3.73. The summed E-state index contributed by atoms with van der Waals surface area (Å²) >= 11 is 0. The fourth-order valence-electron chi connectivity index (χ4n) is 1.51. The molecule has 0 aromatic carbocycles. The zero-order chi connectivity index (χ0) is 7.56. The average Bonchev–Trinajstić information content (AvgIpc) is 2.36. The number of hydrogen-bond donors (Lipinski definition) is 0. The molecule has 0 aromatic heterocycles. The highest BCUT2D eigenvalue weighted by Gasteiger charge is 2.23. The Hall–Kier alpha value is -0.0400. The molecule has 1 nitrogen and oxygen atoms in total. The van der Waals surface area contributed by atoms with Crippen LogP contribution in [0.1, 0.15) is 27.2 Å². The predicted molar refractivity (Wildman–Crippen MR) is 42.9 cm³/mol. The van der Waals surface area contributed by atoms with Gasteiger partial charge in [0, 0.05) is 13.2 Å². The van der Waals surface area contributed by atoms with Gasteiger partial charge in [0.25, 0.3) is 0 Å². The van der Waals surface area contributed by atoms with Gasteiger partial charge in [-0.3, -0.25) is 0 Å². The highest BCUT2D eigenvalue weighted by molar-refractivity contribution is 4.72. The van der Waals surface area contributed by atoms with Crippen molar-refractivity contribution in [1.29, 1.82) is 0 Å². The topological polar surface area (TPSA) is 9.23 Å². The largest absolute Gasteiger partial charge is 0.381 e. The Morgan fingerprint density at radius 3 is 2.40 bits per heavy atom. The molecule has 0 N–H and O–H groups in total. The smallest absolute Gasteiger partial charge is 0.0497 e. The fourth-order valence-corrected chi connectivity index (χ4v) is 1.51. The van der Waals surface area contributed by atoms with Crippen molar-refractivity contribution in [3.63, 3.8) is 0 Å². The quantitative estimate of drug-likeness (QED) is 0.575. The second kappa shape index (κ2) is 3.38. The van der Waals surface area contributed by atoms with Crippen molar-refractivity contribution in [2.75, 3.05) is 13.2 Å². The first-order valence-electron chi connectivity index (χ1n) is 4.29. The maximum Gasteiger partial charge on any atom is 0.0497 e. The summed E-state index contributed by atoms with van der Waals surface area (Å²) in [5.74, 6) is 2.48. The van der Waals surface area contributed by atoms with Gasteiger partial charge in [0.15, 0.2) is 0 Å². The molecule has 1 heteroatoms. The van der Waals surface area contributed by atoms with Gasteiger partial charge in [-0.1, -0.05) is 20.8 Å². The Morgan fingerprint density at radius 2 is 2.00 bits per heavy atom. The molecule has 0 spiro atoms. The normalized spacial score (nSPS) is 29.4. The maximum absolute atomic E-state index is 5.33. The molecule has 0 aromatic rings. The molecule has 1 rings (SSSR count). The van der Waals surface area contributed by atoms with Gasteiger partial charge >= 0.3 is 0 Å². The van der Waals surface area contributed by atoms with E-state index >= 15 is 0 Å². The van der Waals surface area contributed by atoms with E-state index in [0.717, 1.165) is 31.0 Å². The summed E-state index contributed by atoms with van der Waals surface area (Å²) in [6, 6.07) is 0. The highest BCUT2D eigenvalue weighted by Crippen LogP contribution is 2.26. The first-order valence-corrected chi connectivity index (χ1v) is 4.29. The van der Waals surface area contributed by atoms with Gasteiger partial charge < -0.3 is 4.74 Å². The van der Waals surface area contributed by atoms with E-state index < -0.39 is 0 Å². The molecular weight excluding hydrogens is 124 g/mol. The summed E-state index contributed by atoms with van der Waals surface area (Å²) in [7, 11) is 0. The van der Waals surface area contributed by atoms with E-state index in [1.807, 2.05) is 0 Å². The van der Waals surface area contributed by atoms with Crippen molar-refractivity contribution in [2.45, 2.75) is 27.2 Å². The average molecular weight is 142 g/mol. The molecule has 0 aliphatic carbocycles. The Bertz CT molecular complexity index is 92.9. The Morgan fingerprint density at radius 1 is 1.30 bits per heavy atom. The van der Waals surface area contributed by atoms with Crippen molar-refractivity contribution in [2.24, 2.45) is 17.8 Å². The zero-order valence-electron chi connectivity index (χ0n) is 7.26. The van der Waals surface area contributed by atoms with E-state index in [2.05, 4.69) is 20.8 Å².